The summed E-state index contributed by atoms with van der Waals surface area (Å²) >= 11 is 0. The van der Waals surface area contributed by atoms with E-state index in [9.17, 15) is 14.4 Å². The van der Waals surface area contributed by atoms with Gasteiger partial charge in [0.1, 0.15) is 6.04 Å². The number of amides is 1. The smallest absolute Gasteiger partial charge is 0.326 e. The SMILES string of the molecule is CC(=O)N[C@@H](C[C@@H]1C[C@H]1C(=O)O)C(=O)O. The molecule has 15 heavy (non-hydrogen) atoms. The number of nitrogens with one attached hydrogen (secondary N) is 1. The summed E-state index contributed by atoms with van der Waals surface area (Å²) in [6.07, 6.45) is 0.685. The number of carbonyl (C=O) groups excluding carboxylic acids is 1. The molecule has 1 saturated carbocycles. The molecule has 1 aliphatic rings. The zero-order valence-corrected chi connectivity index (χ0v) is 8.27. The average Bonchev–Trinajstić information content (AvgIpc) is 2.81. The monoisotopic (exact) mass is 215 g/mol. The number of carbonyl (C=O) groups is 3. The van der Waals surface area contributed by atoms with E-state index in [1.165, 1.54) is 6.92 Å². The van der Waals surface area contributed by atoms with Crippen LogP contribution in [0.2, 0.25) is 0 Å². The molecule has 1 rings (SSSR count). The Morgan fingerprint density at radius 2 is 2.00 bits per heavy atom. The second-order valence-electron chi connectivity index (χ2n) is 3.77. The van der Waals surface area contributed by atoms with Gasteiger partial charge in [-0.05, 0) is 18.8 Å². The third kappa shape index (κ3) is 3.23. The molecule has 3 atom stereocenters. The van der Waals surface area contributed by atoms with Crippen molar-refractivity contribution in [2.45, 2.75) is 25.8 Å². The minimum Gasteiger partial charge on any atom is -0.481 e. The molecule has 0 aromatic heterocycles. The van der Waals surface area contributed by atoms with Gasteiger partial charge in [0.25, 0.3) is 0 Å². The summed E-state index contributed by atoms with van der Waals surface area (Å²) in [5.74, 6) is -3.01. The molecule has 6 nitrogen and oxygen atoms in total. The Labute approximate surface area is 86.3 Å². The predicted octanol–water partition coefficient (Wildman–Crippen LogP) is -0.313. The zero-order chi connectivity index (χ0) is 11.6. The van der Waals surface area contributed by atoms with Gasteiger partial charge in [0.05, 0.1) is 5.92 Å². The molecule has 84 valence electrons. The maximum absolute atomic E-state index is 10.7. The molecule has 0 spiro atoms. The van der Waals surface area contributed by atoms with Gasteiger partial charge >= 0.3 is 11.9 Å². The van der Waals surface area contributed by atoms with E-state index in [1.807, 2.05) is 0 Å². The minimum atomic E-state index is -1.12. The van der Waals surface area contributed by atoms with E-state index in [4.69, 9.17) is 10.2 Å². The van der Waals surface area contributed by atoms with E-state index in [0.29, 0.717) is 6.42 Å². The molecule has 0 heterocycles. The van der Waals surface area contributed by atoms with E-state index in [-0.39, 0.29) is 12.3 Å². The fourth-order valence-corrected chi connectivity index (χ4v) is 1.58. The van der Waals surface area contributed by atoms with E-state index in [0.717, 1.165) is 0 Å². The Morgan fingerprint density at radius 3 is 2.33 bits per heavy atom. The molecule has 3 N–H and O–H groups in total. The summed E-state index contributed by atoms with van der Waals surface area (Å²) in [6.45, 7) is 1.23. The summed E-state index contributed by atoms with van der Waals surface area (Å²) in [7, 11) is 0. The van der Waals surface area contributed by atoms with Crippen molar-refractivity contribution < 1.29 is 24.6 Å². The summed E-state index contributed by atoms with van der Waals surface area (Å²) < 4.78 is 0. The van der Waals surface area contributed by atoms with E-state index >= 15 is 0 Å². The highest BCUT2D eigenvalue weighted by molar-refractivity contribution is 5.82. The van der Waals surface area contributed by atoms with Crippen molar-refractivity contribution in [3.63, 3.8) is 0 Å². The third-order valence-electron chi connectivity index (χ3n) is 2.45. The molecular formula is C9H13NO5. The molecule has 0 saturated heterocycles. The molecule has 1 aliphatic carbocycles. The van der Waals surface area contributed by atoms with Crippen molar-refractivity contribution >= 4 is 17.8 Å². The Hall–Kier alpha value is -1.59. The predicted molar refractivity (Wildman–Crippen MR) is 49.1 cm³/mol. The molecule has 1 amide bonds. The highest BCUT2D eigenvalue weighted by Crippen LogP contribution is 2.42. The first-order valence-corrected chi connectivity index (χ1v) is 4.64. The summed E-state index contributed by atoms with van der Waals surface area (Å²) in [5, 5.41) is 19.7. The van der Waals surface area contributed by atoms with Crippen LogP contribution in [0.1, 0.15) is 19.8 Å². The normalized spacial score (nSPS) is 25.4. The number of carboxylic acids is 2. The fourth-order valence-electron chi connectivity index (χ4n) is 1.58. The standard InChI is InChI=1S/C9H13NO5/c1-4(11)10-7(9(14)15)3-5-2-6(5)8(12)13/h5-7H,2-3H2,1H3,(H,10,11)(H,12,13)(H,14,15)/t5-,6+,7-/m0/s1. The maximum Gasteiger partial charge on any atom is 0.326 e. The van der Waals surface area contributed by atoms with Gasteiger partial charge in [0.15, 0.2) is 0 Å². The fraction of sp³-hybridized carbons (Fsp3) is 0.667. The van der Waals surface area contributed by atoms with Crippen molar-refractivity contribution in [1.29, 1.82) is 0 Å². The van der Waals surface area contributed by atoms with Crippen LogP contribution in [0.3, 0.4) is 0 Å². The summed E-state index contributed by atoms with van der Waals surface area (Å²) in [6, 6.07) is -0.975. The maximum atomic E-state index is 10.7. The lowest BCUT2D eigenvalue weighted by molar-refractivity contribution is -0.142. The van der Waals surface area contributed by atoms with Crippen LogP contribution in [0.5, 0.6) is 0 Å². The van der Waals surface area contributed by atoms with Crippen molar-refractivity contribution in [3.05, 3.63) is 0 Å². The lowest BCUT2D eigenvalue weighted by atomic mass is 10.1. The van der Waals surface area contributed by atoms with Gasteiger partial charge in [-0.15, -0.1) is 0 Å². The number of aliphatic carboxylic acids is 2. The summed E-state index contributed by atoms with van der Waals surface area (Å²) in [5.41, 5.74) is 0. The van der Waals surface area contributed by atoms with Crippen molar-refractivity contribution in [2.75, 3.05) is 0 Å². The molecule has 0 aliphatic heterocycles. The molecule has 0 radical (unpaired) electrons. The van der Waals surface area contributed by atoms with Gasteiger partial charge in [0.2, 0.25) is 5.91 Å². The Bertz CT molecular complexity index is 301. The molecule has 0 unspecified atom stereocenters. The van der Waals surface area contributed by atoms with E-state index in [2.05, 4.69) is 5.32 Å². The van der Waals surface area contributed by atoms with Crippen LogP contribution in [-0.2, 0) is 14.4 Å². The Morgan fingerprint density at radius 1 is 1.40 bits per heavy atom. The van der Waals surface area contributed by atoms with Gasteiger partial charge in [-0.2, -0.15) is 0 Å². The van der Waals surface area contributed by atoms with Crippen molar-refractivity contribution in [2.24, 2.45) is 11.8 Å². The number of hydrogen-bond acceptors (Lipinski definition) is 3. The van der Waals surface area contributed by atoms with E-state index in [1.54, 1.807) is 0 Å². The average molecular weight is 215 g/mol. The quantitative estimate of drug-likeness (QED) is 0.583. The van der Waals surface area contributed by atoms with E-state index < -0.39 is 29.8 Å². The number of carboxylic acid groups (broad SMARTS) is 2. The third-order valence-corrected chi connectivity index (χ3v) is 2.45. The number of hydrogen-bond donors (Lipinski definition) is 3. The highest BCUT2D eigenvalue weighted by atomic mass is 16.4. The zero-order valence-electron chi connectivity index (χ0n) is 8.27. The van der Waals surface area contributed by atoms with Crippen LogP contribution in [0.4, 0.5) is 0 Å². The van der Waals surface area contributed by atoms with Gasteiger partial charge < -0.3 is 15.5 Å². The van der Waals surface area contributed by atoms with Gasteiger partial charge in [-0.3, -0.25) is 9.59 Å². The molecule has 0 aromatic rings. The van der Waals surface area contributed by atoms with Crippen LogP contribution in [0.25, 0.3) is 0 Å². The second kappa shape index (κ2) is 4.29. The number of rotatable bonds is 5. The van der Waals surface area contributed by atoms with Crippen molar-refractivity contribution in [1.82, 2.24) is 5.32 Å². The van der Waals surface area contributed by atoms with Gasteiger partial charge in [0, 0.05) is 6.92 Å². The lowest BCUT2D eigenvalue weighted by Crippen LogP contribution is -2.40. The first-order valence-electron chi connectivity index (χ1n) is 4.64. The Balaban J connectivity index is 2.43. The highest BCUT2D eigenvalue weighted by Gasteiger charge is 2.45. The molecule has 0 bridgehead atoms. The van der Waals surface area contributed by atoms with Crippen LogP contribution in [0, 0.1) is 11.8 Å². The largest absolute Gasteiger partial charge is 0.481 e. The van der Waals surface area contributed by atoms with Crippen LogP contribution in [-0.4, -0.2) is 34.1 Å². The molecule has 1 fully saturated rings. The van der Waals surface area contributed by atoms with Crippen LogP contribution in [0.15, 0.2) is 0 Å². The molecule has 6 heteroatoms. The van der Waals surface area contributed by atoms with Crippen LogP contribution < -0.4 is 5.32 Å². The first kappa shape index (κ1) is 11.5. The Kier molecular flexibility index (Phi) is 3.28. The minimum absolute atomic E-state index is 0.129. The summed E-state index contributed by atoms with van der Waals surface area (Å²) in [4.78, 5) is 31.9. The molecular weight excluding hydrogens is 202 g/mol. The molecule has 0 aromatic carbocycles. The topological polar surface area (TPSA) is 104 Å². The van der Waals surface area contributed by atoms with Crippen LogP contribution >= 0.6 is 0 Å². The second-order valence-corrected chi connectivity index (χ2v) is 3.77. The van der Waals surface area contributed by atoms with Gasteiger partial charge in [-0.25, -0.2) is 4.79 Å². The lowest BCUT2D eigenvalue weighted by Gasteiger charge is -2.12. The first-order chi connectivity index (χ1) is 6.91. The van der Waals surface area contributed by atoms with Gasteiger partial charge in [-0.1, -0.05) is 0 Å². The van der Waals surface area contributed by atoms with Crippen molar-refractivity contribution in [3.8, 4) is 0 Å².